The van der Waals surface area contributed by atoms with Crippen molar-refractivity contribution in [1.82, 2.24) is 0 Å². The van der Waals surface area contributed by atoms with Crippen LogP contribution in [0.15, 0.2) is 18.2 Å². The van der Waals surface area contributed by atoms with E-state index < -0.39 is 11.3 Å². The summed E-state index contributed by atoms with van der Waals surface area (Å²) >= 11 is 0. The van der Waals surface area contributed by atoms with Crippen LogP contribution in [0.2, 0.25) is 0 Å². The number of Topliss-reactive ketones (excluding diaryl/α,β-unsaturated/α-hetero) is 1. The average Bonchev–Trinajstić information content (AvgIpc) is 2.94. The number of aryl methyl sites for hydroxylation is 2. The Labute approximate surface area is 135 Å². The van der Waals surface area contributed by atoms with E-state index in [0.29, 0.717) is 18.5 Å². The van der Waals surface area contributed by atoms with Crippen molar-refractivity contribution >= 4 is 23.3 Å². The fourth-order valence-corrected chi connectivity index (χ4v) is 5.38. The summed E-state index contributed by atoms with van der Waals surface area (Å²) in [5, 5.41) is 0. The summed E-state index contributed by atoms with van der Waals surface area (Å²) in [6.45, 7) is 7.78. The highest BCUT2D eigenvalue weighted by molar-refractivity contribution is 6.25. The number of fused-ring (bicyclic) bond motifs is 5. The SMILES string of the molecule is Cc1ccc(N2C(=O)C3C(C2=O)C2(C)CC3(C)CC2=O)c(C)c1. The van der Waals surface area contributed by atoms with E-state index in [1.807, 2.05) is 45.9 Å². The van der Waals surface area contributed by atoms with Crippen molar-refractivity contribution < 1.29 is 14.4 Å². The first-order valence-corrected chi connectivity index (χ1v) is 8.17. The van der Waals surface area contributed by atoms with Gasteiger partial charge in [-0.1, -0.05) is 31.5 Å². The Bertz CT molecular complexity index is 783. The van der Waals surface area contributed by atoms with E-state index in [-0.39, 0.29) is 28.9 Å². The van der Waals surface area contributed by atoms with Crippen molar-refractivity contribution in [3.63, 3.8) is 0 Å². The Hall–Kier alpha value is -1.97. The number of rotatable bonds is 1. The molecular weight excluding hydrogens is 290 g/mol. The Morgan fingerprint density at radius 2 is 1.70 bits per heavy atom. The van der Waals surface area contributed by atoms with Crippen LogP contribution in [-0.2, 0) is 14.4 Å². The molecule has 4 rings (SSSR count). The van der Waals surface area contributed by atoms with Crippen LogP contribution in [0.5, 0.6) is 0 Å². The van der Waals surface area contributed by atoms with Crippen molar-refractivity contribution in [1.29, 1.82) is 0 Å². The Morgan fingerprint density at radius 3 is 2.35 bits per heavy atom. The number of carbonyl (C=O) groups is 3. The lowest BCUT2D eigenvalue weighted by molar-refractivity contribution is -0.138. The number of hydrogen-bond donors (Lipinski definition) is 0. The summed E-state index contributed by atoms with van der Waals surface area (Å²) in [6.07, 6.45) is 1.08. The van der Waals surface area contributed by atoms with Gasteiger partial charge in [-0.2, -0.15) is 0 Å². The number of nitrogens with zero attached hydrogens (tertiary/aromatic N) is 1. The Kier molecular flexibility index (Phi) is 2.61. The van der Waals surface area contributed by atoms with Gasteiger partial charge in [0.2, 0.25) is 11.8 Å². The topological polar surface area (TPSA) is 54.5 Å². The Morgan fingerprint density at radius 1 is 1.04 bits per heavy atom. The fourth-order valence-electron chi connectivity index (χ4n) is 5.38. The molecule has 2 aliphatic carbocycles. The number of ketones is 1. The molecule has 3 aliphatic rings. The van der Waals surface area contributed by atoms with Gasteiger partial charge in [-0.15, -0.1) is 0 Å². The van der Waals surface area contributed by atoms with Crippen molar-refractivity contribution in [2.45, 2.75) is 40.5 Å². The molecule has 1 aromatic carbocycles. The maximum absolute atomic E-state index is 13.1. The van der Waals surface area contributed by atoms with Gasteiger partial charge in [-0.05, 0) is 37.3 Å². The second-order valence-corrected chi connectivity index (χ2v) is 8.11. The van der Waals surface area contributed by atoms with Crippen LogP contribution in [0.1, 0.15) is 37.8 Å². The quantitative estimate of drug-likeness (QED) is 0.749. The highest BCUT2D eigenvalue weighted by atomic mass is 16.2. The average molecular weight is 311 g/mol. The molecule has 4 heteroatoms. The third-order valence-electron chi connectivity index (χ3n) is 6.31. The minimum Gasteiger partial charge on any atom is -0.299 e. The lowest BCUT2D eigenvalue weighted by Gasteiger charge is -2.30. The number of anilines is 1. The lowest BCUT2D eigenvalue weighted by atomic mass is 9.68. The first kappa shape index (κ1) is 14.6. The minimum absolute atomic E-state index is 0.120. The molecule has 2 saturated carbocycles. The predicted molar refractivity (Wildman–Crippen MR) is 85.8 cm³/mol. The normalized spacial score (nSPS) is 38.6. The van der Waals surface area contributed by atoms with Crippen molar-refractivity contribution in [3.8, 4) is 0 Å². The summed E-state index contributed by atoms with van der Waals surface area (Å²) in [4.78, 5) is 39.9. The van der Waals surface area contributed by atoms with Crippen LogP contribution < -0.4 is 4.90 Å². The Balaban J connectivity index is 1.84. The molecule has 3 fully saturated rings. The van der Waals surface area contributed by atoms with Gasteiger partial charge >= 0.3 is 0 Å². The lowest BCUT2D eigenvalue weighted by Crippen LogP contribution is -2.40. The van der Waals surface area contributed by atoms with Gasteiger partial charge < -0.3 is 0 Å². The molecule has 2 bridgehead atoms. The second-order valence-electron chi connectivity index (χ2n) is 8.11. The number of imide groups is 1. The number of hydrogen-bond acceptors (Lipinski definition) is 3. The minimum atomic E-state index is -0.667. The number of carbonyl (C=O) groups excluding carboxylic acids is 3. The third-order valence-corrected chi connectivity index (χ3v) is 6.31. The van der Waals surface area contributed by atoms with Crippen LogP contribution in [0.25, 0.3) is 0 Å². The van der Waals surface area contributed by atoms with Crippen LogP contribution in [-0.4, -0.2) is 17.6 Å². The molecule has 4 unspecified atom stereocenters. The van der Waals surface area contributed by atoms with Gasteiger partial charge in [0.1, 0.15) is 5.78 Å². The van der Waals surface area contributed by atoms with Gasteiger partial charge in [0.05, 0.1) is 17.5 Å². The van der Waals surface area contributed by atoms with Crippen molar-refractivity contribution in [2.75, 3.05) is 4.90 Å². The molecule has 4 nitrogen and oxygen atoms in total. The highest BCUT2D eigenvalue weighted by Crippen LogP contribution is 2.68. The largest absolute Gasteiger partial charge is 0.299 e. The van der Waals surface area contributed by atoms with Crippen LogP contribution in [0, 0.1) is 36.5 Å². The van der Waals surface area contributed by atoms with Gasteiger partial charge in [0.15, 0.2) is 0 Å². The third kappa shape index (κ3) is 1.59. The van der Waals surface area contributed by atoms with Gasteiger partial charge in [0.25, 0.3) is 0 Å². The fraction of sp³-hybridized carbons (Fsp3) is 0.526. The molecule has 4 atom stereocenters. The first-order valence-electron chi connectivity index (χ1n) is 8.17. The zero-order chi connectivity index (χ0) is 16.7. The summed E-state index contributed by atoms with van der Waals surface area (Å²) in [5.41, 5.74) is 1.65. The molecule has 0 aromatic heterocycles. The summed E-state index contributed by atoms with van der Waals surface area (Å²) in [6, 6.07) is 5.74. The maximum Gasteiger partial charge on any atom is 0.238 e. The van der Waals surface area contributed by atoms with E-state index >= 15 is 0 Å². The van der Waals surface area contributed by atoms with E-state index in [0.717, 1.165) is 11.1 Å². The molecule has 1 heterocycles. The van der Waals surface area contributed by atoms with Crippen LogP contribution in [0.3, 0.4) is 0 Å². The van der Waals surface area contributed by atoms with Crippen molar-refractivity contribution in [2.24, 2.45) is 22.7 Å². The second kappa shape index (κ2) is 4.11. The summed E-state index contributed by atoms with van der Waals surface area (Å²) in [7, 11) is 0. The zero-order valence-corrected chi connectivity index (χ0v) is 14.0. The molecular formula is C19H21NO3. The smallest absolute Gasteiger partial charge is 0.238 e. The number of amides is 2. The van der Waals surface area contributed by atoms with Crippen LogP contribution in [0.4, 0.5) is 5.69 Å². The predicted octanol–water partition coefficient (Wildman–Crippen LogP) is 2.80. The summed E-state index contributed by atoms with van der Waals surface area (Å²) < 4.78 is 0. The van der Waals surface area contributed by atoms with Gasteiger partial charge in [-0.3, -0.25) is 14.4 Å². The molecule has 1 aromatic rings. The van der Waals surface area contributed by atoms with E-state index in [2.05, 4.69) is 0 Å². The molecule has 2 amide bonds. The zero-order valence-electron chi connectivity index (χ0n) is 14.0. The molecule has 120 valence electrons. The standard InChI is InChI=1S/C19H21NO3/c1-10-5-6-12(11(2)7-10)20-16(22)14-15(17(20)23)19(4)9-18(14,3)8-13(19)21/h5-7,14-15H,8-9H2,1-4H3. The molecule has 0 spiro atoms. The number of benzene rings is 1. The molecule has 0 radical (unpaired) electrons. The molecule has 1 saturated heterocycles. The molecule has 1 aliphatic heterocycles. The van der Waals surface area contributed by atoms with Gasteiger partial charge in [-0.25, -0.2) is 4.90 Å². The first-order chi connectivity index (χ1) is 10.7. The molecule has 0 N–H and O–H groups in total. The van der Waals surface area contributed by atoms with Crippen molar-refractivity contribution in [3.05, 3.63) is 29.3 Å². The van der Waals surface area contributed by atoms with E-state index in [4.69, 9.17) is 0 Å². The van der Waals surface area contributed by atoms with Crippen LogP contribution >= 0.6 is 0 Å². The van der Waals surface area contributed by atoms with E-state index in [1.54, 1.807) is 0 Å². The highest BCUT2D eigenvalue weighted by Gasteiger charge is 2.74. The summed E-state index contributed by atoms with van der Waals surface area (Å²) in [5.74, 6) is -0.998. The van der Waals surface area contributed by atoms with E-state index in [9.17, 15) is 14.4 Å². The van der Waals surface area contributed by atoms with E-state index in [1.165, 1.54) is 4.90 Å². The maximum atomic E-state index is 13.1. The monoisotopic (exact) mass is 311 g/mol. The molecule has 23 heavy (non-hydrogen) atoms. The van der Waals surface area contributed by atoms with Gasteiger partial charge in [0, 0.05) is 11.8 Å².